The lowest BCUT2D eigenvalue weighted by molar-refractivity contribution is 0.921. The molecule has 2 aromatic carbocycles. The van der Waals surface area contributed by atoms with Gasteiger partial charge in [-0.15, -0.1) is 0 Å². The molecule has 0 unspecified atom stereocenters. The van der Waals surface area contributed by atoms with Gasteiger partial charge >= 0.3 is 0 Å². The van der Waals surface area contributed by atoms with Gasteiger partial charge in [0.15, 0.2) is 0 Å². The highest BCUT2D eigenvalue weighted by Crippen LogP contribution is 2.21. The van der Waals surface area contributed by atoms with Crippen molar-refractivity contribution in [2.75, 3.05) is 0 Å². The fourth-order valence-corrected chi connectivity index (χ4v) is 2.31. The number of rotatable bonds is 5. The van der Waals surface area contributed by atoms with Gasteiger partial charge in [-0.3, -0.25) is 0 Å². The van der Waals surface area contributed by atoms with Crippen molar-refractivity contribution in [3.63, 3.8) is 0 Å². The minimum Gasteiger partial charge on any atom is -0.0651 e. The maximum absolute atomic E-state index is 2.25. The van der Waals surface area contributed by atoms with Crippen molar-refractivity contribution >= 4 is 0 Å². The van der Waals surface area contributed by atoms with E-state index >= 15 is 0 Å². The van der Waals surface area contributed by atoms with Crippen LogP contribution in [0.5, 0.6) is 0 Å². The first kappa shape index (κ1) is 12.9. The Morgan fingerprint density at radius 2 is 0.889 bits per heavy atom. The SMILES string of the molecule is CCCc1ccc(-c2ccc(CCC)cc2)cc1. The Balaban J connectivity index is 2.15. The molecule has 2 rings (SSSR count). The Morgan fingerprint density at radius 3 is 1.17 bits per heavy atom. The minimum atomic E-state index is 1.18. The number of hydrogen-bond acceptors (Lipinski definition) is 0. The summed E-state index contributed by atoms with van der Waals surface area (Å²) in [6, 6.07) is 17.9. The molecule has 0 aliphatic carbocycles. The van der Waals surface area contributed by atoms with Gasteiger partial charge in [-0.2, -0.15) is 0 Å². The van der Waals surface area contributed by atoms with Crippen molar-refractivity contribution in [1.29, 1.82) is 0 Å². The van der Waals surface area contributed by atoms with E-state index in [0.29, 0.717) is 0 Å². The fourth-order valence-electron chi connectivity index (χ4n) is 2.31. The molecule has 0 saturated carbocycles. The molecule has 0 fully saturated rings. The minimum absolute atomic E-state index is 1.18. The van der Waals surface area contributed by atoms with E-state index in [4.69, 9.17) is 0 Å². The van der Waals surface area contributed by atoms with Gasteiger partial charge in [0, 0.05) is 0 Å². The quantitative estimate of drug-likeness (QED) is 0.666. The van der Waals surface area contributed by atoms with Gasteiger partial charge in [0.2, 0.25) is 0 Å². The van der Waals surface area contributed by atoms with E-state index in [1.807, 2.05) is 0 Å². The zero-order valence-electron chi connectivity index (χ0n) is 11.4. The molecule has 0 heteroatoms. The Labute approximate surface area is 111 Å². The second-order valence-electron chi connectivity index (χ2n) is 4.89. The van der Waals surface area contributed by atoms with Crippen LogP contribution in [0.4, 0.5) is 0 Å². The standard InChI is InChI=1S/C18H22/c1-3-5-15-7-11-17(12-8-15)18-13-9-16(6-4-2)10-14-18/h7-14H,3-6H2,1-2H3. The maximum Gasteiger partial charge on any atom is -0.0184 e. The van der Waals surface area contributed by atoms with E-state index in [1.165, 1.54) is 47.9 Å². The molecule has 0 aliphatic heterocycles. The lowest BCUT2D eigenvalue weighted by Crippen LogP contribution is -1.85. The molecule has 0 bridgehead atoms. The van der Waals surface area contributed by atoms with Gasteiger partial charge in [-0.1, -0.05) is 75.2 Å². The highest BCUT2D eigenvalue weighted by Gasteiger charge is 1.98. The van der Waals surface area contributed by atoms with Crippen molar-refractivity contribution in [2.24, 2.45) is 0 Å². The Hall–Kier alpha value is -1.56. The van der Waals surface area contributed by atoms with Gasteiger partial charge in [0.05, 0.1) is 0 Å². The van der Waals surface area contributed by atoms with Gasteiger partial charge in [-0.05, 0) is 35.1 Å². The van der Waals surface area contributed by atoms with E-state index in [2.05, 4.69) is 62.4 Å². The molecule has 0 aromatic heterocycles. The normalized spacial score (nSPS) is 10.6. The second-order valence-corrected chi connectivity index (χ2v) is 4.89. The first-order valence-electron chi connectivity index (χ1n) is 7.01. The largest absolute Gasteiger partial charge is 0.0651 e. The highest BCUT2D eigenvalue weighted by atomic mass is 14.0. The van der Waals surface area contributed by atoms with Crippen LogP contribution in [0, 0.1) is 0 Å². The molecule has 18 heavy (non-hydrogen) atoms. The number of aryl methyl sites for hydroxylation is 2. The summed E-state index contributed by atoms with van der Waals surface area (Å²) < 4.78 is 0. The smallest absolute Gasteiger partial charge is 0.0184 e. The molecular weight excluding hydrogens is 216 g/mol. The summed E-state index contributed by atoms with van der Waals surface area (Å²) in [5.41, 5.74) is 5.50. The molecule has 0 nitrogen and oxygen atoms in total. The van der Waals surface area contributed by atoms with E-state index in [0.717, 1.165) is 0 Å². The summed E-state index contributed by atoms with van der Waals surface area (Å²) in [7, 11) is 0. The van der Waals surface area contributed by atoms with Gasteiger partial charge in [0.1, 0.15) is 0 Å². The monoisotopic (exact) mass is 238 g/mol. The first-order valence-corrected chi connectivity index (χ1v) is 7.01. The lowest BCUT2D eigenvalue weighted by atomic mass is 10.0. The maximum atomic E-state index is 2.25. The fraction of sp³-hybridized carbons (Fsp3) is 0.333. The summed E-state index contributed by atoms with van der Waals surface area (Å²) >= 11 is 0. The molecule has 0 N–H and O–H groups in total. The van der Waals surface area contributed by atoms with Crippen LogP contribution in [0.2, 0.25) is 0 Å². The first-order chi connectivity index (χ1) is 8.83. The van der Waals surface area contributed by atoms with Crippen LogP contribution in [0.3, 0.4) is 0 Å². The molecule has 0 spiro atoms. The van der Waals surface area contributed by atoms with E-state index < -0.39 is 0 Å². The van der Waals surface area contributed by atoms with E-state index in [-0.39, 0.29) is 0 Å². The molecular formula is C18H22. The van der Waals surface area contributed by atoms with Crippen LogP contribution in [0.25, 0.3) is 11.1 Å². The van der Waals surface area contributed by atoms with Crippen LogP contribution in [-0.2, 0) is 12.8 Å². The zero-order chi connectivity index (χ0) is 12.8. The van der Waals surface area contributed by atoms with E-state index in [1.54, 1.807) is 0 Å². The Bertz CT molecular complexity index is 415. The van der Waals surface area contributed by atoms with Crippen LogP contribution >= 0.6 is 0 Å². The molecule has 0 atom stereocenters. The summed E-state index contributed by atoms with van der Waals surface area (Å²) in [4.78, 5) is 0. The van der Waals surface area contributed by atoms with Crippen LogP contribution in [0.1, 0.15) is 37.8 Å². The average molecular weight is 238 g/mol. The average Bonchev–Trinajstić information content (AvgIpc) is 2.41. The number of benzene rings is 2. The van der Waals surface area contributed by atoms with Gasteiger partial charge in [0.25, 0.3) is 0 Å². The predicted octanol–water partition coefficient (Wildman–Crippen LogP) is 5.26. The third-order valence-corrected chi connectivity index (χ3v) is 3.32. The van der Waals surface area contributed by atoms with Crippen LogP contribution in [-0.4, -0.2) is 0 Å². The molecule has 0 radical (unpaired) electrons. The zero-order valence-corrected chi connectivity index (χ0v) is 11.4. The van der Waals surface area contributed by atoms with Crippen molar-refractivity contribution in [3.05, 3.63) is 59.7 Å². The topological polar surface area (TPSA) is 0 Å². The molecule has 94 valence electrons. The summed E-state index contributed by atoms with van der Waals surface area (Å²) in [6.45, 7) is 4.45. The van der Waals surface area contributed by atoms with Crippen molar-refractivity contribution in [2.45, 2.75) is 39.5 Å². The summed E-state index contributed by atoms with van der Waals surface area (Å²) in [5, 5.41) is 0. The van der Waals surface area contributed by atoms with Gasteiger partial charge in [-0.25, -0.2) is 0 Å². The van der Waals surface area contributed by atoms with Crippen LogP contribution in [0.15, 0.2) is 48.5 Å². The third-order valence-electron chi connectivity index (χ3n) is 3.32. The summed E-state index contributed by atoms with van der Waals surface area (Å²) in [5.74, 6) is 0. The van der Waals surface area contributed by atoms with Crippen molar-refractivity contribution in [3.8, 4) is 11.1 Å². The Kier molecular flexibility index (Phi) is 4.58. The summed E-state index contributed by atoms with van der Waals surface area (Å²) in [6.07, 6.45) is 4.78. The molecule has 0 heterocycles. The second kappa shape index (κ2) is 6.39. The molecule has 0 aliphatic rings. The van der Waals surface area contributed by atoms with E-state index in [9.17, 15) is 0 Å². The van der Waals surface area contributed by atoms with Crippen molar-refractivity contribution < 1.29 is 0 Å². The lowest BCUT2D eigenvalue weighted by Gasteiger charge is -2.05. The number of hydrogen-bond donors (Lipinski definition) is 0. The molecule has 0 saturated heterocycles. The van der Waals surface area contributed by atoms with Crippen LogP contribution < -0.4 is 0 Å². The Morgan fingerprint density at radius 1 is 0.556 bits per heavy atom. The predicted molar refractivity (Wildman–Crippen MR) is 79.9 cm³/mol. The molecule has 2 aromatic rings. The third kappa shape index (κ3) is 3.22. The molecule has 0 amide bonds. The van der Waals surface area contributed by atoms with Crippen molar-refractivity contribution in [1.82, 2.24) is 0 Å². The van der Waals surface area contributed by atoms with Gasteiger partial charge < -0.3 is 0 Å². The highest BCUT2D eigenvalue weighted by molar-refractivity contribution is 5.63.